The minimum absolute atomic E-state index is 0.0636. The molecule has 0 aliphatic carbocycles. The topological polar surface area (TPSA) is 66.6 Å². The van der Waals surface area contributed by atoms with Gasteiger partial charge in [-0.15, -0.1) is 0 Å². The monoisotopic (exact) mass is 394 g/mol. The average Bonchev–Trinajstić information content (AvgIpc) is 2.41. The van der Waals surface area contributed by atoms with Crippen molar-refractivity contribution in [2.45, 2.75) is 25.9 Å². The molecule has 5 nitrogen and oxygen atoms in total. The number of anilines is 1. The van der Waals surface area contributed by atoms with Crippen molar-refractivity contribution in [3.8, 4) is 0 Å². The molecule has 1 N–H and O–H groups in total. The quantitative estimate of drug-likeness (QED) is 0.487. The van der Waals surface area contributed by atoms with Gasteiger partial charge in [-0.25, -0.2) is 4.39 Å². The summed E-state index contributed by atoms with van der Waals surface area (Å²) >= 11 is 1.75. The molecular formula is C13H16FIN2O3. The Labute approximate surface area is 130 Å². The van der Waals surface area contributed by atoms with Gasteiger partial charge < -0.3 is 10.0 Å². The van der Waals surface area contributed by atoms with Gasteiger partial charge >= 0.3 is 0 Å². The maximum atomic E-state index is 13.7. The van der Waals surface area contributed by atoms with E-state index in [1.165, 1.54) is 12.1 Å². The summed E-state index contributed by atoms with van der Waals surface area (Å²) in [4.78, 5) is 12.5. The summed E-state index contributed by atoms with van der Waals surface area (Å²) in [6, 6.07) is 2.51. The van der Waals surface area contributed by atoms with Gasteiger partial charge in [-0.2, -0.15) is 0 Å². The van der Waals surface area contributed by atoms with E-state index in [0.717, 1.165) is 12.8 Å². The van der Waals surface area contributed by atoms with Gasteiger partial charge in [0.25, 0.3) is 5.69 Å². The first-order valence-electron chi connectivity index (χ1n) is 6.46. The van der Waals surface area contributed by atoms with Crippen LogP contribution in [-0.2, 0) is 0 Å². The Balaban J connectivity index is 2.25. The van der Waals surface area contributed by atoms with Crippen molar-refractivity contribution in [3.05, 3.63) is 31.6 Å². The number of halogens is 2. The number of nitro benzene ring substituents is 1. The summed E-state index contributed by atoms with van der Waals surface area (Å²) in [5.41, 5.74) is 0.267. The van der Waals surface area contributed by atoms with E-state index in [-0.39, 0.29) is 21.3 Å². The van der Waals surface area contributed by atoms with Crippen molar-refractivity contribution in [2.75, 3.05) is 18.0 Å². The number of nitrogens with zero attached hydrogens (tertiary/aromatic N) is 2. The highest BCUT2D eigenvalue weighted by molar-refractivity contribution is 14.1. The summed E-state index contributed by atoms with van der Waals surface area (Å²) in [7, 11) is 0. The van der Waals surface area contributed by atoms with Gasteiger partial charge in [-0.3, -0.25) is 10.1 Å². The van der Waals surface area contributed by atoms with Gasteiger partial charge in [-0.1, -0.05) is 0 Å². The van der Waals surface area contributed by atoms with Crippen LogP contribution in [0.25, 0.3) is 0 Å². The first-order valence-corrected chi connectivity index (χ1v) is 7.54. The van der Waals surface area contributed by atoms with Gasteiger partial charge in [0, 0.05) is 25.2 Å². The molecule has 2 rings (SSSR count). The van der Waals surface area contributed by atoms with Crippen molar-refractivity contribution in [1.29, 1.82) is 0 Å². The second-order valence-corrected chi connectivity index (χ2v) is 6.24. The summed E-state index contributed by atoms with van der Waals surface area (Å²) in [5, 5.41) is 20.7. The summed E-state index contributed by atoms with van der Waals surface area (Å²) < 4.78 is 13.9. The van der Waals surface area contributed by atoms with Crippen LogP contribution in [0.3, 0.4) is 0 Å². The van der Waals surface area contributed by atoms with Crippen molar-refractivity contribution in [1.82, 2.24) is 0 Å². The van der Waals surface area contributed by atoms with Crippen molar-refractivity contribution >= 4 is 34.0 Å². The zero-order valence-corrected chi connectivity index (χ0v) is 13.2. The molecule has 110 valence electrons. The Hall–Kier alpha value is -0.960. The molecule has 0 bridgehead atoms. The Bertz CT molecular complexity index is 517. The summed E-state index contributed by atoms with van der Waals surface area (Å²) in [6.45, 7) is 2.94. The number of hydrogen-bond donors (Lipinski definition) is 1. The van der Waals surface area contributed by atoms with Crippen LogP contribution in [0.5, 0.6) is 0 Å². The molecule has 1 aliphatic rings. The first-order chi connectivity index (χ1) is 9.40. The van der Waals surface area contributed by atoms with E-state index in [2.05, 4.69) is 0 Å². The van der Waals surface area contributed by atoms with Gasteiger partial charge in [-0.05, 0) is 48.3 Å². The second kappa shape index (κ2) is 6.21. The van der Waals surface area contributed by atoms with Crippen LogP contribution in [0, 0.1) is 25.4 Å². The number of piperidine rings is 1. The highest BCUT2D eigenvalue weighted by atomic mass is 127. The molecule has 1 fully saturated rings. The van der Waals surface area contributed by atoms with Crippen LogP contribution in [0.4, 0.5) is 15.8 Å². The van der Waals surface area contributed by atoms with Crippen molar-refractivity contribution in [2.24, 2.45) is 5.92 Å². The lowest BCUT2D eigenvalue weighted by molar-refractivity contribution is -0.384. The first kappa shape index (κ1) is 15.4. The number of benzene rings is 1. The van der Waals surface area contributed by atoms with Crippen LogP contribution in [0.15, 0.2) is 12.1 Å². The molecular weight excluding hydrogens is 378 g/mol. The zero-order valence-electron chi connectivity index (χ0n) is 11.1. The maximum Gasteiger partial charge on any atom is 0.293 e. The van der Waals surface area contributed by atoms with E-state index in [9.17, 15) is 19.6 Å². The number of rotatable bonds is 3. The number of hydrogen-bond acceptors (Lipinski definition) is 4. The number of nitro groups is 1. The number of aliphatic hydroxyl groups is 1. The molecule has 0 spiro atoms. The van der Waals surface area contributed by atoms with Gasteiger partial charge in [0.2, 0.25) is 0 Å². The van der Waals surface area contributed by atoms with Crippen LogP contribution < -0.4 is 4.90 Å². The fourth-order valence-corrected chi connectivity index (χ4v) is 3.00. The van der Waals surface area contributed by atoms with E-state index in [4.69, 9.17) is 0 Å². The standard InChI is InChI=1S/C13H16FIN2O3/c1-8(18)9-2-4-16(5-3-9)12-6-10(14)11(15)7-13(12)17(19)20/h6-9,18H,2-5H2,1H3. The predicted molar refractivity (Wildman–Crippen MR) is 82.4 cm³/mol. The zero-order chi connectivity index (χ0) is 14.9. The smallest absolute Gasteiger partial charge is 0.293 e. The molecule has 1 atom stereocenters. The Kier molecular flexibility index (Phi) is 4.79. The third-order valence-corrected chi connectivity index (χ3v) is 4.60. The lowest BCUT2D eigenvalue weighted by Gasteiger charge is -2.34. The van der Waals surface area contributed by atoms with Gasteiger partial charge in [0.1, 0.15) is 11.5 Å². The molecule has 1 aromatic rings. The van der Waals surface area contributed by atoms with E-state index in [0.29, 0.717) is 18.8 Å². The normalized spacial score (nSPS) is 18.1. The molecule has 7 heteroatoms. The fourth-order valence-electron chi connectivity index (χ4n) is 2.55. The Morgan fingerprint density at radius 1 is 1.50 bits per heavy atom. The van der Waals surface area contributed by atoms with Crippen LogP contribution in [-0.4, -0.2) is 29.2 Å². The van der Waals surface area contributed by atoms with Crippen molar-refractivity contribution < 1.29 is 14.4 Å². The van der Waals surface area contributed by atoms with E-state index >= 15 is 0 Å². The SMILES string of the molecule is CC(O)C1CCN(c2cc(F)c(I)cc2[N+](=O)[O-])CC1. The molecule has 0 amide bonds. The second-order valence-electron chi connectivity index (χ2n) is 5.08. The van der Waals surface area contributed by atoms with Crippen LogP contribution in [0.2, 0.25) is 0 Å². The van der Waals surface area contributed by atoms with Crippen LogP contribution >= 0.6 is 22.6 Å². The fraction of sp³-hybridized carbons (Fsp3) is 0.538. The number of aliphatic hydroxyl groups excluding tert-OH is 1. The third kappa shape index (κ3) is 3.20. The van der Waals surface area contributed by atoms with Crippen LogP contribution in [0.1, 0.15) is 19.8 Å². The third-order valence-electron chi connectivity index (χ3n) is 3.78. The molecule has 0 saturated carbocycles. The maximum absolute atomic E-state index is 13.7. The Morgan fingerprint density at radius 2 is 2.10 bits per heavy atom. The Morgan fingerprint density at radius 3 is 2.60 bits per heavy atom. The largest absolute Gasteiger partial charge is 0.393 e. The molecule has 1 saturated heterocycles. The molecule has 1 unspecified atom stereocenters. The highest BCUT2D eigenvalue weighted by Gasteiger charge is 2.27. The predicted octanol–water partition coefficient (Wildman–Crippen LogP) is 2.94. The van der Waals surface area contributed by atoms with Gasteiger partial charge in [0.15, 0.2) is 0 Å². The van der Waals surface area contributed by atoms with Crippen molar-refractivity contribution in [3.63, 3.8) is 0 Å². The highest BCUT2D eigenvalue weighted by Crippen LogP contribution is 2.34. The van der Waals surface area contributed by atoms with E-state index < -0.39 is 10.7 Å². The van der Waals surface area contributed by atoms with Gasteiger partial charge in [0.05, 0.1) is 14.6 Å². The molecule has 1 aromatic carbocycles. The summed E-state index contributed by atoms with van der Waals surface area (Å²) in [5.74, 6) is -0.233. The van der Waals surface area contributed by atoms with E-state index in [1.807, 2.05) is 4.90 Å². The molecule has 1 heterocycles. The molecule has 20 heavy (non-hydrogen) atoms. The van der Waals surface area contributed by atoms with E-state index in [1.54, 1.807) is 29.5 Å². The summed E-state index contributed by atoms with van der Waals surface area (Å²) in [6.07, 6.45) is 1.13. The molecule has 1 aliphatic heterocycles. The average molecular weight is 394 g/mol. The minimum Gasteiger partial charge on any atom is -0.393 e. The lowest BCUT2D eigenvalue weighted by Crippen LogP contribution is -2.37. The lowest BCUT2D eigenvalue weighted by atomic mass is 9.92. The molecule has 0 aromatic heterocycles. The molecule has 0 radical (unpaired) electrons. The minimum atomic E-state index is -0.475.